The lowest BCUT2D eigenvalue weighted by Gasteiger charge is -2.08. The Morgan fingerprint density at radius 1 is 0.941 bits per heavy atom. The lowest BCUT2D eigenvalue weighted by molar-refractivity contribution is 0.134. The van der Waals surface area contributed by atoms with Gasteiger partial charge in [-0.3, -0.25) is 0 Å². The van der Waals surface area contributed by atoms with E-state index in [4.69, 9.17) is 10.5 Å². The van der Waals surface area contributed by atoms with Crippen molar-refractivity contribution < 1.29 is 4.74 Å². The molecular weight excluding hydrogens is 212 g/mol. The summed E-state index contributed by atoms with van der Waals surface area (Å²) in [6, 6.07) is 14.0. The van der Waals surface area contributed by atoms with Crippen LogP contribution in [0.3, 0.4) is 0 Å². The number of rotatable bonds is 2. The molecular formula is C14H14N2O. The first kappa shape index (κ1) is 10.2. The van der Waals surface area contributed by atoms with Crippen LogP contribution in [0.4, 0.5) is 17.1 Å². The normalized spacial score (nSPS) is 13.4. The highest BCUT2D eigenvalue weighted by Gasteiger charge is 2.10. The van der Waals surface area contributed by atoms with E-state index in [1.54, 1.807) is 0 Å². The van der Waals surface area contributed by atoms with Gasteiger partial charge in [-0.05, 0) is 41.5 Å². The number of nitrogens with two attached hydrogens (primary N) is 1. The van der Waals surface area contributed by atoms with E-state index in [0.717, 1.165) is 23.7 Å². The van der Waals surface area contributed by atoms with Gasteiger partial charge in [0, 0.05) is 17.1 Å². The molecule has 0 radical (unpaired) electrons. The van der Waals surface area contributed by atoms with Crippen LogP contribution >= 0.6 is 0 Å². The van der Waals surface area contributed by atoms with Gasteiger partial charge < -0.3 is 15.8 Å². The molecule has 86 valence electrons. The Labute approximate surface area is 100 Å². The molecule has 0 amide bonds. The van der Waals surface area contributed by atoms with Crippen LogP contribution in [0.25, 0.3) is 0 Å². The maximum Gasteiger partial charge on any atom is 0.0725 e. The number of nitrogen functional groups attached to an aromatic ring is 1. The van der Waals surface area contributed by atoms with Crippen molar-refractivity contribution in [3.8, 4) is 0 Å². The van der Waals surface area contributed by atoms with Gasteiger partial charge in [-0.25, -0.2) is 0 Å². The lowest BCUT2D eigenvalue weighted by Crippen LogP contribution is -1.93. The molecule has 1 aliphatic rings. The van der Waals surface area contributed by atoms with Crippen molar-refractivity contribution >= 4 is 17.1 Å². The van der Waals surface area contributed by atoms with Crippen molar-refractivity contribution in [3.05, 3.63) is 53.6 Å². The number of nitrogens with one attached hydrogen (secondary N) is 1. The molecule has 17 heavy (non-hydrogen) atoms. The number of benzene rings is 2. The number of anilines is 3. The molecule has 0 spiro atoms. The molecule has 1 aliphatic heterocycles. The van der Waals surface area contributed by atoms with Crippen LogP contribution < -0.4 is 11.1 Å². The molecule has 0 bridgehead atoms. The van der Waals surface area contributed by atoms with Gasteiger partial charge in [0.15, 0.2) is 0 Å². The summed E-state index contributed by atoms with van der Waals surface area (Å²) >= 11 is 0. The molecule has 0 aliphatic carbocycles. The molecule has 3 heteroatoms. The van der Waals surface area contributed by atoms with E-state index in [-0.39, 0.29) is 0 Å². The first-order valence-electron chi connectivity index (χ1n) is 5.63. The molecule has 0 saturated carbocycles. The summed E-state index contributed by atoms with van der Waals surface area (Å²) in [6.07, 6.45) is 0. The predicted octanol–water partition coefficient (Wildman–Crippen LogP) is 3.04. The Kier molecular flexibility index (Phi) is 2.46. The maximum atomic E-state index is 5.74. The van der Waals surface area contributed by atoms with Crippen LogP contribution in [-0.4, -0.2) is 0 Å². The largest absolute Gasteiger partial charge is 0.399 e. The zero-order valence-corrected chi connectivity index (χ0v) is 9.44. The van der Waals surface area contributed by atoms with Crippen LogP contribution in [0.15, 0.2) is 42.5 Å². The zero-order valence-electron chi connectivity index (χ0n) is 9.44. The third kappa shape index (κ3) is 2.10. The van der Waals surface area contributed by atoms with Gasteiger partial charge in [0.25, 0.3) is 0 Å². The van der Waals surface area contributed by atoms with E-state index >= 15 is 0 Å². The van der Waals surface area contributed by atoms with Gasteiger partial charge in [0.05, 0.1) is 13.2 Å². The summed E-state index contributed by atoms with van der Waals surface area (Å²) in [5.41, 5.74) is 11.1. The SMILES string of the molecule is Nc1cccc(Nc2ccc3c(c2)COC3)c1. The standard InChI is InChI=1S/C14H14N2O/c15-12-2-1-3-13(7-12)16-14-5-4-10-8-17-9-11(10)6-14/h1-7,16H,8-9,15H2. The summed E-state index contributed by atoms with van der Waals surface area (Å²) in [7, 11) is 0. The summed E-state index contributed by atoms with van der Waals surface area (Å²) in [6.45, 7) is 1.44. The van der Waals surface area contributed by atoms with E-state index in [2.05, 4.69) is 23.5 Å². The van der Waals surface area contributed by atoms with Gasteiger partial charge in [-0.1, -0.05) is 12.1 Å². The number of hydrogen-bond acceptors (Lipinski definition) is 3. The maximum absolute atomic E-state index is 5.74. The van der Waals surface area contributed by atoms with Crippen LogP contribution in [0, 0.1) is 0 Å². The lowest BCUT2D eigenvalue weighted by atomic mass is 10.1. The Morgan fingerprint density at radius 2 is 1.76 bits per heavy atom. The van der Waals surface area contributed by atoms with Gasteiger partial charge in [-0.15, -0.1) is 0 Å². The Bertz CT molecular complexity index is 552. The second-order valence-corrected chi connectivity index (χ2v) is 4.23. The summed E-state index contributed by atoms with van der Waals surface area (Å²) in [4.78, 5) is 0. The van der Waals surface area contributed by atoms with Crippen molar-refractivity contribution in [2.24, 2.45) is 0 Å². The fraction of sp³-hybridized carbons (Fsp3) is 0.143. The molecule has 0 saturated heterocycles. The molecule has 1 heterocycles. The van der Waals surface area contributed by atoms with Gasteiger partial charge in [-0.2, -0.15) is 0 Å². The zero-order chi connectivity index (χ0) is 11.7. The molecule has 0 aromatic heterocycles. The third-order valence-electron chi connectivity index (χ3n) is 2.90. The molecule has 0 atom stereocenters. The first-order valence-corrected chi connectivity index (χ1v) is 5.63. The third-order valence-corrected chi connectivity index (χ3v) is 2.90. The molecule has 2 aromatic carbocycles. The summed E-state index contributed by atoms with van der Waals surface area (Å²) in [5, 5.41) is 3.34. The van der Waals surface area contributed by atoms with E-state index in [1.165, 1.54) is 11.1 Å². The second kappa shape index (κ2) is 4.11. The summed E-state index contributed by atoms with van der Waals surface area (Å²) < 4.78 is 5.39. The van der Waals surface area contributed by atoms with Crippen molar-refractivity contribution in [1.82, 2.24) is 0 Å². The smallest absolute Gasteiger partial charge is 0.0725 e. The minimum atomic E-state index is 0.710. The highest BCUT2D eigenvalue weighted by molar-refractivity contribution is 5.64. The minimum Gasteiger partial charge on any atom is -0.399 e. The van der Waals surface area contributed by atoms with E-state index in [1.807, 2.05) is 24.3 Å². The Morgan fingerprint density at radius 3 is 2.65 bits per heavy atom. The fourth-order valence-electron chi connectivity index (χ4n) is 2.03. The number of hydrogen-bond donors (Lipinski definition) is 2. The number of fused-ring (bicyclic) bond motifs is 1. The van der Waals surface area contributed by atoms with Crippen LogP contribution in [0.1, 0.15) is 11.1 Å². The molecule has 0 unspecified atom stereocenters. The highest BCUT2D eigenvalue weighted by atomic mass is 16.5. The Balaban J connectivity index is 1.86. The molecule has 3 rings (SSSR count). The molecule has 3 nitrogen and oxygen atoms in total. The highest BCUT2D eigenvalue weighted by Crippen LogP contribution is 2.25. The van der Waals surface area contributed by atoms with E-state index < -0.39 is 0 Å². The van der Waals surface area contributed by atoms with Crippen molar-refractivity contribution in [1.29, 1.82) is 0 Å². The van der Waals surface area contributed by atoms with Crippen molar-refractivity contribution in [3.63, 3.8) is 0 Å². The quantitative estimate of drug-likeness (QED) is 0.774. The summed E-state index contributed by atoms with van der Waals surface area (Å²) in [5.74, 6) is 0. The van der Waals surface area contributed by atoms with E-state index in [0.29, 0.717) is 6.61 Å². The molecule has 2 aromatic rings. The average molecular weight is 226 g/mol. The fourth-order valence-corrected chi connectivity index (χ4v) is 2.03. The van der Waals surface area contributed by atoms with Crippen molar-refractivity contribution in [2.45, 2.75) is 13.2 Å². The van der Waals surface area contributed by atoms with Crippen molar-refractivity contribution in [2.75, 3.05) is 11.1 Å². The van der Waals surface area contributed by atoms with Crippen LogP contribution in [0.2, 0.25) is 0 Å². The van der Waals surface area contributed by atoms with Gasteiger partial charge in [0.1, 0.15) is 0 Å². The van der Waals surface area contributed by atoms with E-state index in [9.17, 15) is 0 Å². The second-order valence-electron chi connectivity index (χ2n) is 4.23. The van der Waals surface area contributed by atoms with Gasteiger partial charge in [0.2, 0.25) is 0 Å². The van der Waals surface area contributed by atoms with Gasteiger partial charge >= 0.3 is 0 Å². The molecule has 3 N–H and O–H groups in total. The first-order chi connectivity index (χ1) is 8.31. The topological polar surface area (TPSA) is 47.3 Å². The monoisotopic (exact) mass is 226 g/mol. The predicted molar refractivity (Wildman–Crippen MR) is 69.1 cm³/mol. The molecule has 0 fully saturated rings. The van der Waals surface area contributed by atoms with Crippen LogP contribution in [-0.2, 0) is 18.0 Å². The number of ether oxygens (including phenoxy) is 1. The van der Waals surface area contributed by atoms with Crippen LogP contribution in [0.5, 0.6) is 0 Å². The Hall–Kier alpha value is -2.00. The minimum absolute atomic E-state index is 0.710. The average Bonchev–Trinajstić information content (AvgIpc) is 2.76.